The summed E-state index contributed by atoms with van der Waals surface area (Å²) in [5.41, 5.74) is 1.14. The summed E-state index contributed by atoms with van der Waals surface area (Å²) in [6.07, 6.45) is 8.50. The number of ether oxygens (including phenoxy) is 2. The van der Waals surface area contributed by atoms with E-state index in [2.05, 4.69) is 0 Å². The van der Waals surface area contributed by atoms with E-state index >= 15 is 0 Å². The van der Waals surface area contributed by atoms with E-state index in [1.54, 1.807) is 7.11 Å². The maximum absolute atomic E-state index is 12.6. The average molecular weight is 317 g/mol. The van der Waals surface area contributed by atoms with Gasteiger partial charge in [0, 0.05) is 12.6 Å². The molecule has 2 aliphatic rings. The topological polar surface area (TPSA) is 38.8 Å². The maximum atomic E-state index is 12.6. The zero-order chi connectivity index (χ0) is 16.1. The molecule has 126 valence electrons. The van der Waals surface area contributed by atoms with Crippen LogP contribution in [0.15, 0.2) is 24.3 Å². The molecule has 0 radical (unpaired) electrons. The van der Waals surface area contributed by atoms with Crippen LogP contribution in [0.5, 0.6) is 5.75 Å². The lowest BCUT2D eigenvalue weighted by Gasteiger charge is -2.26. The molecule has 0 N–H and O–H groups in total. The van der Waals surface area contributed by atoms with Crippen molar-refractivity contribution in [3.05, 3.63) is 29.8 Å². The SMILES string of the molecule is COc1ccc(CN(C(=O)COC2CCCCC2)C2CC2)cc1. The van der Waals surface area contributed by atoms with Gasteiger partial charge in [0.1, 0.15) is 12.4 Å². The minimum atomic E-state index is 0.133. The van der Waals surface area contributed by atoms with Crippen LogP contribution in [0.1, 0.15) is 50.5 Å². The molecule has 1 aromatic carbocycles. The van der Waals surface area contributed by atoms with Crippen molar-refractivity contribution in [3.8, 4) is 5.75 Å². The van der Waals surface area contributed by atoms with Crippen LogP contribution < -0.4 is 4.74 Å². The van der Waals surface area contributed by atoms with Crippen LogP contribution in [0.25, 0.3) is 0 Å². The molecule has 2 fully saturated rings. The van der Waals surface area contributed by atoms with Crippen molar-refractivity contribution in [1.82, 2.24) is 4.90 Å². The van der Waals surface area contributed by atoms with Gasteiger partial charge >= 0.3 is 0 Å². The van der Waals surface area contributed by atoms with Gasteiger partial charge in [-0.15, -0.1) is 0 Å². The number of benzene rings is 1. The molecule has 1 aromatic rings. The van der Waals surface area contributed by atoms with Crippen LogP contribution in [0.2, 0.25) is 0 Å². The quantitative estimate of drug-likeness (QED) is 0.772. The number of amides is 1. The summed E-state index contributed by atoms with van der Waals surface area (Å²) in [7, 11) is 1.66. The second-order valence-electron chi connectivity index (χ2n) is 6.67. The first-order chi connectivity index (χ1) is 11.3. The van der Waals surface area contributed by atoms with E-state index in [0.717, 1.165) is 37.0 Å². The summed E-state index contributed by atoms with van der Waals surface area (Å²) in [6.45, 7) is 0.902. The molecule has 0 aliphatic heterocycles. The smallest absolute Gasteiger partial charge is 0.249 e. The van der Waals surface area contributed by atoms with Gasteiger partial charge in [-0.3, -0.25) is 4.79 Å². The highest BCUT2D eigenvalue weighted by Crippen LogP contribution is 2.29. The predicted octanol–water partition coefficient (Wildman–Crippen LogP) is 3.54. The Bertz CT molecular complexity index is 504. The molecule has 0 heterocycles. The highest BCUT2D eigenvalue weighted by molar-refractivity contribution is 5.78. The van der Waals surface area contributed by atoms with Crippen molar-refractivity contribution in [1.29, 1.82) is 0 Å². The third-order valence-corrected chi connectivity index (χ3v) is 4.81. The summed E-state index contributed by atoms with van der Waals surface area (Å²) >= 11 is 0. The van der Waals surface area contributed by atoms with Crippen molar-refractivity contribution in [3.63, 3.8) is 0 Å². The molecular weight excluding hydrogens is 290 g/mol. The van der Waals surface area contributed by atoms with E-state index in [0.29, 0.717) is 12.6 Å². The van der Waals surface area contributed by atoms with E-state index in [1.165, 1.54) is 19.3 Å². The van der Waals surface area contributed by atoms with Crippen LogP contribution >= 0.6 is 0 Å². The number of carbonyl (C=O) groups excluding carboxylic acids is 1. The van der Waals surface area contributed by atoms with Crippen LogP contribution in [0.3, 0.4) is 0 Å². The third-order valence-electron chi connectivity index (χ3n) is 4.81. The second-order valence-corrected chi connectivity index (χ2v) is 6.67. The zero-order valence-corrected chi connectivity index (χ0v) is 14.0. The van der Waals surface area contributed by atoms with Crippen molar-refractivity contribution in [2.24, 2.45) is 0 Å². The molecule has 1 amide bonds. The molecule has 2 aliphatic carbocycles. The molecule has 0 bridgehead atoms. The van der Waals surface area contributed by atoms with Gasteiger partial charge in [0.05, 0.1) is 13.2 Å². The summed E-state index contributed by atoms with van der Waals surface area (Å²) in [6, 6.07) is 8.36. The Balaban J connectivity index is 1.53. The van der Waals surface area contributed by atoms with Crippen molar-refractivity contribution >= 4 is 5.91 Å². The highest BCUT2D eigenvalue weighted by atomic mass is 16.5. The van der Waals surface area contributed by atoms with Gasteiger partial charge in [-0.25, -0.2) is 0 Å². The Morgan fingerprint density at radius 1 is 1.09 bits per heavy atom. The number of hydrogen-bond acceptors (Lipinski definition) is 3. The molecule has 4 nitrogen and oxygen atoms in total. The molecular formula is C19H27NO3. The number of rotatable bonds is 7. The van der Waals surface area contributed by atoms with Crippen molar-refractivity contribution in [2.45, 2.75) is 63.6 Å². The molecule has 23 heavy (non-hydrogen) atoms. The van der Waals surface area contributed by atoms with Gasteiger partial charge in [0.15, 0.2) is 0 Å². The van der Waals surface area contributed by atoms with E-state index in [-0.39, 0.29) is 18.6 Å². The van der Waals surface area contributed by atoms with Gasteiger partial charge in [-0.05, 0) is 43.4 Å². The first kappa shape index (κ1) is 16.3. The number of carbonyl (C=O) groups is 1. The Morgan fingerprint density at radius 2 is 1.78 bits per heavy atom. The number of nitrogens with zero attached hydrogens (tertiary/aromatic N) is 1. The first-order valence-electron chi connectivity index (χ1n) is 8.80. The monoisotopic (exact) mass is 317 g/mol. The van der Waals surface area contributed by atoms with Gasteiger partial charge < -0.3 is 14.4 Å². The average Bonchev–Trinajstić information content (AvgIpc) is 3.44. The molecule has 3 rings (SSSR count). The zero-order valence-electron chi connectivity index (χ0n) is 14.0. The second kappa shape index (κ2) is 7.82. The van der Waals surface area contributed by atoms with Crippen LogP contribution in [0, 0.1) is 0 Å². The number of hydrogen-bond donors (Lipinski definition) is 0. The fourth-order valence-electron chi connectivity index (χ4n) is 3.24. The predicted molar refractivity (Wildman–Crippen MR) is 89.4 cm³/mol. The fraction of sp³-hybridized carbons (Fsp3) is 0.632. The summed E-state index contributed by atoms with van der Waals surface area (Å²) in [4.78, 5) is 14.6. The first-order valence-corrected chi connectivity index (χ1v) is 8.80. The highest BCUT2D eigenvalue weighted by Gasteiger charge is 2.32. The van der Waals surface area contributed by atoms with Gasteiger partial charge in [0.25, 0.3) is 0 Å². The van der Waals surface area contributed by atoms with E-state index in [9.17, 15) is 4.79 Å². The van der Waals surface area contributed by atoms with Gasteiger partial charge in [0.2, 0.25) is 5.91 Å². The molecule has 0 aromatic heterocycles. The number of methoxy groups -OCH3 is 1. The minimum absolute atomic E-state index is 0.133. The lowest BCUT2D eigenvalue weighted by molar-refractivity contribution is -0.140. The summed E-state index contributed by atoms with van der Waals surface area (Å²) < 4.78 is 11.1. The molecule has 2 saturated carbocycles. The normalized spacial score (nSPS) is 18.7. The lowest BCUT2D eigenvalue weighted by Crippen LogP contribution is -2.36. The van der Waals surface area contributed by atoms with Crippen LogP contribution in [0.4, 0.5) is 0 Å². The maximum Gasteiger partial charge on any atom is 0.249 e. The fourth-order valence-corrected chi connectivity index (χ4v) is 3.24. The van der Waals surface area contributed by atoms with E-state index < -0.39 is 0 Å². The van der Waals surface area contributed by atoms with Crippen molar-refractivity contribution < 1.29 is 14.3 Å². The molecule has 0 unspecified atom stereocenters. The van der Waals surface area contributed by atoms with Gasteiger partial charge in [-0.1, -0.05) is 31.4 Å². The lowest BCUT2D eigenvalue weighted by atomic mass is 9.98. The van der Waals surface area contributed by atoms with E-state index in [1.807, 2.05) is 29.2 Å². The Kier molecular flexibility index (Phi) is 5.55. The van der Waals surface area contributed by atoms with Crippen LogP contribution in [-0.2, 0) is 16.1 Å². The molecule has 0 spiro atoms. The van der Waals surface area contributed by atoms with Crippen molar-refractivity contribution in [2.75, 3.05) is 13.7 Å². The summed E-state index contributed by atoms with van der Waals surface area (Å²) in [5, 5.41) is 0. The van der Waals surface area contributed by atoms with Crippen LogP contribution in [-0.4, -0.2) is 36.7 Å². The minimum Gasteiger partial charge on any atom is -0.497 e. The molecule has 0 saturated heterocycles. The third kappa shape index (κ3) is 4.71. The largest absolute Gasteiger partial charge is 0.497 e. The Morgan fingerprint density at radius 3 is 2.39 bits per heavy atom. The standard InChI is InChI=1S/C19H27NO3/c1-22-17-11-7-15(8-12-17)13-20(16-9-10-16)19(21)14-23-18-5-3-2-4-6-18/h7-8,11-12,16,18H,2-6,9-10,13-14H2,1H3. The van der Waals surface area contributed by atoms with Gasteiger partial charge in [-0.2, -0.15) is 0 Å². The molecule has 0 atom stereocenters. The Hall–Kier alpha value is -1.55. The summed E-state index contributed by atoms with van der Waals surface area (Å²) in [5.74, 6) is 0.979. The Labute approximate surface area is 138 Å². The van der Waals surface area contributed by atoms with E-state index in [4.69, 9.17) is 9.47 Å². The molecule has 4 heteroatoms.